The van der Waals surface area contributed by atoms with Crippen LogP contribution in [0.3, 0.4) is 0 Å². The zero-order valence-electron chi connectivity index (χ0n) is 14.1. The molecule has 124 valence electrons. The molecule has 1 amide bonds. The highest BCUT2D eigenvalue weighted by molar-refractivity contribution is 7.10. The third-order valence-corrected chi connectivity index (χ3v) is 6.58. The highest BCUT2D eigenvalue weighted by Gasteiger charge is 2.39. The lowest BCUT2D eigenvalue weighted by Gasteiger charge is -2.36. The van der Waals surface area contributed by atoms with E-state index in [-0.39, 0.29) is 11.3 Å². The van der Waals surface area contributed by atoms with E-state index in [0.29, 0.717) is 18.7 Å². The summed E-state index contributed by atoms with van der Waals surface area (Å²) in [6.07, 6.45) is 3.73. The number of rotatable bonds is 3. The highest BCUT2D eigenvalue weighted by atomic mass is 32.1. The van der Waals surface area contributed by atoms with Crippen LogP contribution in [0.1, 0.15) is 49.0 Å². The van der Waals surface area contributed by atoms with Crippen LogP contribution in [-0.4, -0.2) is 23.7 Å². The molecule has 2 aromatic rings. The first kappa shape index (κ1) is 15.6. The molecular weight excluding hydrogens is 316 g/mol. The van der Waals surface area contributed by atoms with Crippen LogP contribution in [0.25, 0.3) is 11.1 Å². The van der Waals surface area contributed by atoms with Crippen LogP contribution in [0.5, 0.6) is 0 Å². The molecule has 1 saturated carbocycles. The summed E-state index contributed by atoms with van der Waals surface area (Å²) in [5, 5.41) is 10.3. The van der Waals surface area contributed by atoms with Gasteiger partial charge in [-0.3, -0.25) is 10.2 Å². The topological polar surface area (TPSA) is 44.2 Å². The van der Waals surface area contributed by atoms with Gasteiger partial charge in [-0.15, -0.1) is 11.3 Å². The lowest BCUT2D eigenvalue weighted by molar-refractivity contribution is -0.128. The van der Waals surface area contributed by atoms with Crippen molar-refractivity contribution >= 4 is 23.1 Å². The number of thiophene rings is 1. The standard InChI is InChI=1S/C20H22N2OS/c1-20(10-18(21)22(2)19(23)11-20)17-9-16(12-24-17)15-5-3-4-14(8-15)13-6-7-13/h3-5,8-9,12-13,21H,6-7,10-11H2,1-2H3/t20-/m0/s1. The second-order valence-electron chi connectivity index (χ2n) is 7.41. The number of hydrogen-bond acceptors (Lipinski definition) is 3. The summed E-state index contributed by atoms with van der Waals surface area (Å²) in [6, 6.07) is 11.1. The fourth-order valence-corrected chi connectivity index (χ4v) is 4.60. The first-order valence-corrected chi connectivity index (χ1v) is 9.37. The molecule has 0 radical (unpaired) electrons. The fourth-order valence-electron chi connectivity index (χ4n) is 3.52. The Morgan fingerprint density at radius 2 is 2.00 bits per heavy atom. The molecule has 0 unspecified atom stereocenters. The minimum absolute atomic E-state index is 0.0411. The molecule has 1 saturated heterocycles. The van der Waals surface area contributed by atoms with E-state index in [1.54, 1.807) is 18.4 Å². The van der Waals surface area contributed by atoms with Crippen LogP contribution in [0.2, 0.25) is 0 Å². The SMILES string of the molecule is CN1C(=N)C[C@](C)(c2cc(-c3cccc(C4CC4)c3)cs2)CC1=O. The molecule has 0 bridgehead atoms. The van der Waals surface area contributed by atoms with E-state index in [9.17, 15) is 4.79 Å². The second-order valence-corrected chi connectivity index (χ2v) is 8.32. The summed E-state index contributed by atoms with van der Waals surface area (Å²) in [4.78, 5) is 14.9. The third kappa shape index (κ3) is 2.69. The van der Waals surface area contributed by atoms with Gasteiger partial charge in [0.15, 0.2) is 0 Å². The van der Waals surface area contributed by atoms with E-state index in [0.717, 1.165) is 5.92 Å². The van der Waals surface area contributed by atoms with Crippen molar-refractivity contribution in [2.45, 2.75) is 43.9 Å². The summed E-state index contributed by atoms with van der Waals surface area (Å²) in [6.45, 7) is 2.11. The normalized spacial score (nSPS) is 24.5. The van der Waals surface area contributed by atoms with Gasteiger partial charge in [-0.05, 0) is 46.9 Å². The van der Waals surface area contributed by atoms with Crippen molar-refractivity contribution in [2.24, 2.45) is 0 Å². The summed E-state index contributed by atoms with van der Waals surface area (Å²) < 4.78 is 0. The van der Waals surface area contributed by atoms with Crippen LogP contribution in [0, 0.1) is 5.41 Å². The van der Waals surface area contributed by atoms with E-state index in [2.05, 4.69) is 42.6 Å². The van der Waals surface area contributed by atoms with E-state index in [4.69, 9.17) is 5.41 Å². The Balaban J connectivity index is 1.64. The van der Waals surface area contributed by atoms with Crippen LogP contribution in [-0.2, 0) is 10.2 Å². The van der Waals surface area contributed by atoms with Crippen molar-refractivity contribution in [2.75, 3.05) is 7.05 Å². The third-order valence-electron chi connectivity index (χ3n) is 5.34. The zero-order valence-corrected chi connectivity index (χ0v) is 15.0. The number of likely N-dealkylation sites (tertiary alicyclic amines) is 1. The molecule has 2 heterocycles. The van der Waals surface area contributed by atoms with Crippen LogP contribution in [0.15, 0.2) is 35.7 Å². The van der Waals surface area contributed by atoms with Gasteiger partial charge in [0, 0.05) is 30.2 Å². The number of hydrogen-bond donors (Lipinski definition) is 1. The minimum atomic E-state index is -0.252. The summed E-state index contributed by atoms with van der Waals surface area (Å²) in [5.41, 5.74) is 3.69. The molecule has 4 heteroatoms. The van der Waals surface area contributed by atoms with Crippen molar-refractivity contribution < 1.29 is 4.79 Å². The van der Waals surface area contributed by atoms with Gasteiger partial charge in [-0.25, -0.2) is 0 Å². The first-order valence-electron chi connectivity index (χ1n) is 8.50. The zero-order chi connectivity index (χ0) is 16.9. The Labute approximate surface area is 146 Å². The summed E-state index contributed by atoms with van der Waals surface area (Å²) >= 11 is 1.72. The van der Waals surface area contributed by atoms with Crippen molar-refractivity contribution in [3.8, 4) is 11.1 Å². The molecule has 1 aliphatic heterocycles. The molecule has 1 N–H and O–H groups in total. The number of nitrogens with zero attached hydrogens (tertiary/aromatic N) is 1. The van der Waals surface area contributed by atoms with Gasteiger partial charge in [0.1, 0.15) is 5.84 Å². The molecule has 1 aromatic carbocycles. The predicted octanol–water partition coefficient (Wildman–Crippen LogP) is 4.78. The molecule has 1 aliphatic carbocycles. The highest BCUT2D eigenvalue weighted by Crippen LogP contribution is 2.43. The molecular formula is C20H22N2OS. The van der Waals surface area contributed by atoms with Gasteiger partial charge in [0.25, 0.3) is 0 Å². The Morgan fingerprint density at radius 3 is 2.71 bits per heavy atom. The number of amides is 1. The molecule has 4 rings (SSSR count). The molecule has 1 atom stereocenters. The maximum absolute atomic E-state index is 12.2. The smallest absolute Gasteiger partial charge is 0.228 e. The van der Waals surface area contributed by atoms with Crippen LogP contribution in [0.4, 0.5) is 0 Å². The number of piperidine rings is 1. The fraction of sp³-hybridized carbons (Fsp3) is 0.400. The maximum Gasteiger partial charge on any atom is 0.228 e. The Kier molecular flexibility index (Phi) is 3.61. The molecule has 2 fully saturated rings. The predicted molar refractivity (Wildman–Crippen MR) is 98.8 cm³/mol. The number of amidine groups is 1. The quantitative estimate of drug-likeness (QED) is 0.860. The van der Waals surface area contributed by atoms with Crippen molar-refractivity contribution in [3.05, 3.63) is 46.2 Å². The number of carbonyl (C=O) groups is 1. The number of benzene rings is 1. The average molecular weight is 338 g/mol. The van der Waals surface area contributed by atoms with Crippen molar-refractivity contribution in [1.29, 1.82) is 5.41 Å². The van der Waals surface area contributed by atoms with Crippen LogP contribution >= 0.6 is 11.3 Å². The lowest BCUT2D eigenvalue weighted by Crippen LogP contribution is -2.46. The van der Waals surface area contributed by atoms with Crippen molar-refractivity contribution in [1.82, 2.24) is 4.90 Å². The Bertz CT molecular complexity index is 801. The first-order chi connectivity index (χ1) is 11.5. The van der Waals surface area contributed by atoms with E-state index < -0.39 is 0 Å². The number of nitrogens with one attached hydrogen (secondary N) is 1. The van der Waals surface area contributed by atoms with Gasteiger partial charge in [-0.2, -0.15) is 0 Å². The van der Waals surface area contributed by atoms with Gasteiger partial charge in [0.2, 0.25) is 5.91 Å². The minimum Gasteiger partial charge on any atom is -0.304 e. The maximum atomic E-state index is 12.2. The Hall–Kier alpha value is -1.94. The monoisotopic (exact) mass is 338 g/mol. The van der Waals surface area contributed by atoms with Gasteiger partial charge in [0.05, 0.1) is 0 Å². The molecule has 2 aliphatic rings. The van der Waals surface area contributed by atoms with Crippen LogP contribution < -0.4 is 0 Å². The van der Waals surface area contributed by atoms with Gasteiger partial charge >= 0.3 is 0 Å². The Morgan fingerprint density at radius 1 is 1.21 bits per heavy atom. The summed E-state index contributed by atoms with van der Waals surface area (Å²) in [7, 11) is 1.70. The molecule has 1 aromatic heterocycles. The van der Waals surface area contributed by atoms with E-state index >= 15 is 0 Å². The lowest BCUT2D eigenvalue weighted by atomic mass is 9.78. The molecule has 24 heavy (non-hydrogen) atoms. The second kappa shape index (κ2) is 5.55. The van der Waals surface area contributed by atoms with Gasteiger partial charge < -0.3 is 4.90 Å². The molecule has 3 nitrogen and oxygen atoms in total. The average Bonchev–Trinajstić information content (AvgIpc) is 3.29. The van der Waals surface area contributed by atoms with Gasteiger partial charge in [-0.1, -0.05) is 31.2 Å². The summed E-state index contributed by atoms with van der Waals surface area (Å²) in [5.74, 6) is 1.21. The largest absolute Gasteiger partial charge is 0.304 e. The van der Waals surface area contributed by atoms with E-state index in [1.165, 1.54) is 39.3 Å². The van der Waals surface area contributed by atoms with E-state index in [1.807, 2.05) is 0 Å². The van der Waals surface area contributed by atoms with Crippen molar-refractivity contribution in [3.63, 3.8) is 0 Å². The number of carbonyl (C=O) groups excluding carboxylic acids is 1. The molecule has 0 spiro atoms.